The van der Waals surface area contributed by atoms with Crippen LogP contribution in [0, 0.1) is 0 Å². The maximum Gasteiger partial charge on any atom is 0.245 e. The van der Waals surface area contributed by atoms with Crippen LogP contribution in [-0.4, -0.2) is 31.8 Å². The first-order valence-corrected chi connectivity index (χ1v) is 11.5. The van der Waals surface area contributed by atoms with Gasteiger partial charge in [-0.15, -0.1) is 0 Å². The Morgan fingerprint density at radius 1 is 0.929 bits per heavy atom. The van der Waals surface area contributed by atoms with E-state index in [0.29, 0.717) is 13.3 Å². The van der Waals surface area contributed by atoms with Crippen molar-refractivity contribution in [2.24, 2.45) is 0 Å². The third-order valence-electron chi connectivity index (χ3n) is 5.60. The van der Waals surface area contributed by atoms with Gasteiger partial charge < -0.3 is 15.0 Å². The second-order valence-corrected chi connectivity index (χ2v) is 8.00. The first-order chi connectivity index (χ1) is 13.8. The standard InChI is InChI=1S/C24H40N2O2/c1-2-3-4-5-6-7-8-9-10-11-12-16-19-25-24(27)23-20-28-21-26(23)22-17-14-13-15-18-22/h13-15,17-18,23H,2-12,16,19-21H2,1H3,(H,25,27). The zero-order chi connectivity index (χ0) is 19.9. The quantitative estimate of drug-likeness (QED) is 0.394. The minimum atomic E-state index is -0.209. The molecule has 0 aliphatic carbocycles. The Morgan fingerprint density at radius 3 is 2.11 bits per heavy atom. The lowest BCUT2D eigenvalue weighted by atomic mass is 10.1. The molecule has 0 radical (unpaired) electrons. The number of hydrogen-bond donors (Lipinski definition) is 1. The third kappa shape index (κ3) is 8.64. The maximum atomic E-state index is 12.5. The van der Waals surface area contributed by atoms with Crippen molar-refractivity contribution in [3.63, 3.8) is 0 Å². The molecule has 1 aromatic rings. The smallest absolute Gasteiger partial charge is 0.245 e. The summed E-state index contributed by atoms with van der Waals surface area (Å²) >= 11 is 0. The first kappa shape index (κ1) is 22.7. The average Bonchev–Trinajstić information content (AvgIpc) is 3.22. The monoisotopic (exact) mass is 388 g/mol. The van der Waals surface area contributed by atoms with E-state index < -0.39 is 0 Å². The maximum absolute atomic E-state index is 12.5. The molecular formula is C24H40N2O2. The Labute approximate surface area is 172 Å². The lowest BCUT2D eigenvalue weighted by molar-refractivity contribution is -0.122. The van der Waals surface area contributed by atoms with Crippen molar-refractivity contribution >= 4 is 11.6 Å². The molecule has 4 nitrogen and oxygen atoms in total. The molecule has 1 saturated heterocycles. The molecule has 0 bridgehead atoms. The Morgan fingerprint density at radius 2 is 1.50 bits per heavy atom. The SMILES string of the molecule is CCCCCCCCCCCCCCNC(=O)C1COCN1c1ccccc1. The summed E-state index contributed by atoms with van der Waals surface area (Å²) in [4.78, 5) is 14.5. The zero-order valence-electron chi connectivity index (χ0n) is 17.8. The molecule has 1 atom stereocenters. The fourth-order valence-electron chi connectivity index (χ4n) is 3.83. The summed E-state index contributed by atoms with van der Waals surface area (Å²) in [6.45, 7) is 4.00. The summed E-state index contributed by atoms with van der Waals surface area (Å²) in [5.41, 5.74) is 1.05. The molecule has 28 heavy (non-hydrogen) atoms. The van der Waals surface area contributed by atoms with Crippen LogP contribution < -0.4 is 10.2 Å². The van der Waals surface area contributed by atoms with Crippen LogP contribution >= 0.6 is 0 Å². The Kier molecular flexibility index (Phi) is 11.7. The van der Waals surface area contributed by atoms with Gasteiger partial charge in [0.1, 0.15) is 12.8 Å². The molecule has 1 heterocycles. The normalized spacial score (nSPS) is 16.5. The number of hydrogen-bond acceptors (Lipinski definition) is 3. The molecular weight excluding hydrogens is 348 g/mol. The molecule has 0 spiro atoms. The fourth-order valence-corrected chi connectivity index (χ4v) is 3.83. The Balaban J connectivity index is 1.46. The van der Waals surface area contributed by atoms with Crippen molar-refractivity contribution < 1.29 is 9.53 Å². The van der Waals surface area contributed by atoms with Crippen LogP contribution in [0.5, 0.6) is 0 Å². The van der Waals surface area contributed by atoms with Gasteiger partial charge in [0.15, 0.2) is 0 Å². The van der Waals surface area contributed by atoms with Gasteiger partial charge in [0.05, 0.1) is 6.61 Å². The molecule has 1 N–H and O–H groups in total. The van der Waals surface area contributed by atoms with Crippen molar-refractivity contribution in [2.75, 3.05) is 24.8 Å². The highest BCUT2D eigenvalue weighted by Gasteiger charge is 2.31. The molecule has 2 rings (SSSR count). The van der Waals surface area contributed by atoms with Gasteiger partial charge in [0.25, 0.3) is 0 Å². The van der Waals surface area contributed by atoms with Crippen LogP contribution in [0.1, 0.15) is 84.0 Å². The van der Waals surface area contributed by atoms with Gasteiger partial charge in [-0.1, -0.05) is 95.8 Å². The van der Waals surface area contributed by atoms with E-state index in [2.05, 4.69) is 12.2 Å². The summed E-state index contributed by atoms with van der Waals surface area (Å²) in [6, 6.07) is 9.83. The second-order valence-electron chi connectivity index (χ2n) is 8.00. The summed E-state index contributed by atoms with van der Waals surface area (Å²) in [7, 11) is 0. The zero-order valence-corrected chi connectivity index (χ0v) is 17.8. The summed E-state index contributed by atoms with van der Waals surface area (Å²) in [5.74, 6) is 0.0874. The van der Waals surface area contributed by atoms with E-state index in [4.69, 9.17) is 4.74 Å². The van der Waals surface area contributed by atoms with Gasteiger partial charge in [0.2, 0.25) is 5.91 Å². The van der Waals surface area contributed by atoms with E-state index in [1.807, 2.05) is 35.2 Å². The average molecular weight is 389 g/mol. The lowest BCUT2D eigenvalue weighted by Crippen LogP contribution is -2.45. The molecule has 1 aliphatic rings. The molecule has 1 aromatic carbocycles. The number of nitrogens with one attached hydrogen (secondary N) is 1. The van der Waals surface area contributed by atoms with Crippen molar-refractivity contribution in [1.29, 1.82) is 0 Å². The largest absolute Gasteiger partial charge is 0.358 e. The number of para-hydroxylation sites is 1. The molecule has 1 aliphatic heterocycles. The number of carbonyl (C=O) groups is 1. The first-order valence-electron chi connectivity index (χ1n) is 11.5. The number of nitrogens with zero attached hydrogens (tertiary/aromatic N) is 1. The molecule has 158 valence electrons. The summed E-state index contributed by atoms with van der Waals surface area (Å²) in [5, 5.41) is 3.10. The topological polar surface area (TPSA) is 41.6 Å². The minimum Gasteiger partial charge on any atom is -0.358 e. The minimum absolute atomic E-state index is 0.0874. The van der Waals surface area contributed by atoms with Crippen molar-refractivity contribution in [1.82, 2.24) is 5.32 Å². The number of amides is 1. The van der Waals surface area contributed by atoms with Crippen LogP contribution in [0.15, 0.2) is 30.3 Å². The van der Waals surface area contributed by atoms with E-state index in [-0.39, 0.29) is 11.9 Å². The highest BCUT2D eigenvalue weighted by molar-refractivity contribution is 5.85. The Bertz CT molecular complexity index is 521. The number of rotatable bonds is 15. The van der Waals surface area contributed by atoms with Crippen molar-refractivity contribution in [3.8, 4) is 0 Å². The van der Waals surface area contributed by atoms with Crippen LogP contribution in [0.2, 0.25) is 0 Å². The van der Waals surface area contributed by atoms with Gasteiger partial charge >= 0.3 is 0 Å². The van der Waals surface area contributed by atoms with E-state index in [1.54, 1.807) is 0 Å². The fraction of sp³-hybridized carbons (Fsp3) is 0.708. The van der Waals surface area contributed by atoms with Gasteiger partial charge in [-0.25, -0.2) is 0 Å². The predicted octanol–water partition coefficient (Wildman–Crippen LogP) is 5.67. The molecule has 1 unspecified atom stereocenters. The highest BCUT2D eigenvalue weighted by Crippen LogP contribution is 2.21. The van der Waals surface area contributed by atoms with Gasteiger partial charge in [0, 0.05) is 12.2 Å². The summed E-state index contributed by atoms with van der Waals surface area (Å²) in [6.07, 6.45) is 16.0. The number of carbonyl (C=O) groups excluding carboxylic acids is 1. The number of anilines is 1. The van der Waals surface area contributed by atoms with E-state index in [0.717, 1.165) is 18.7 Å². The van der Waals surface area contributed by atoms with Crippen LogP contribution in [0.4, 0.5) is 5.69 Å². The van der Waals surface area contributed by atoms with Gasteiger partial charge in [-0.2, -0.15) is 0 Å². The summed E-state index contributed by atoms with van der Waals surface area (Å²) < 4.78 is 5.53. The lowest BCUT2D eigenvalue weighted by Gasteiger charge is -2.23. The molecule has 0 aromatic heterocycles. The van der Waals surface area contributed by atoms with E-state index in [9.17, 15) is 4.79 Å². The van der Waals surface area contributed by atoms with E-state index >= 15 is 0 Å². The Hall–Kier alpha value is -1.55. The number of ether oxygens (including phenoxy) is 1. The van der Waals surface area contributed by atoms with Crippen LogP contribution in [0.25, 0.3) is 0 Å². The highest BCUT2D eigenvalue weighted by atomic mass is 16.5. The molecule has 4 heteroatoms. The molecule has 0 saturated carbocycles. The second kappa shape index (κ2) is 14.4. The molecule has 1 fully saturated rings. The van der Waals surface area contributed by atoms with Crippen LogP contribution in [-0.2, 0) is 9.53 Å². The predicted molar refractivity (Wildman–Crippen MR) is 118 cm³/mol. The van der Waals surface area contributed by atoms with E-state index in [1.165, 1.54) is 70.6 Å². The van der Waals surface area contributed by atoms with Gasteiger partial charge in [-0.3, -0.25) is 4.79 Å². The third-order valence-corrected chi connectivity index (χ3v) is 5.60. The number of benzene rings is 1. The van der Waals surface area contributed by atoms with Crippen molar-refractivity contribution in [3.05, 3.63) is 30.3 Å². The van der Waals surface area contributed by atoms with Gasteiger partial charge in [-0.05, 0) is 18.6 Å². The van der Waals surface area contributed by atoms with Crippen LogP contribution in [0.3, 0.4) is 0 Å². The number of unbranched alkanes of at least 4 members (excludes halogenated alkanes) is 11. The molecule has 1 amide bonds. The van der Waals surface area contributed by atoms with Crippen molar-refractivity contribution in [2.45, 2.75) is 90.0 Å².